The van der Waals surface area contributed by atoms with Gasteiger partial charge < -0.3 is 0 Å². The van der Waals surface area contributed by atoms with Crippen molar-refractivity contribution in [2.24, 2.45) is 0 Å². The van der Waals surface area contributed by atoms with Crippen LogP contribution in [0.1, 0.15) is 18.3 Å². The number of hydrogen-bond donors (Lipinski definition) is 1. The third-order valence-electron chi connectivity index (χ3n) is 2.57. The van der Waals surface area contributed by atoms with Gasteiger partial charge in [-0.25, -0.2) is 0 Å². The molecule has 0 saturated heterocycles. The molecule has 0 fully saturated rings. The predicted molar refractivity (Wildman–Crippen MR) is 70.8 cm³/mol. The van der Waals surface area contributed by atoms with Gasteiger partial charge in [-0.2, -0.15) is 18.3 Å². The zero-order valence-electron chi connectivity index (χ0n) is 9.75. The second kappa shape index (κ2) is 5.09. The average Bonchev–Trinajstić information content (AvgIpc) is 2.70. The highest BCUT2D eigenvalue weighted by molar-refractivity contribution is 9.10. The molecule has 0 radical (unpaired) electrons. The van der Waals surface area contributed by atoms with Gasteiger partial charge in [-0.15, -0.1) is 0 Å². The van der Waals surface area contributed by atoms with E-state index in [-0.39, 0.29) is 9.24 Å². The van der Waals surface area contributed by atoms with Crippen LogP contribution in [-0.4, -0.2) is 14.8 Å². The third-order valence-corrected chi connectivity index (χ3v) is 3.54. The lowest BCUT2D eigenvalue weighted by molar-refractivity contribution is -0.138. The molecule has 102 valence electrons. The van der Waals surface area contributed by atoms with Crippen LogP contribution in [0.4, 0.5) is 13.2 Å². The summed E-state index contributed by atoms with van der Waals surface area (Å²) in [7, 11) is 0. The van der Waals surface area contributed by atoms with Crippen molar-refractivity contribution in [1.29, 1.82) is 0 Å². The first-order valence-corrected chi connectivity index (χ1v) is 6.58. The van der Waals surface area contributed by atoms with Crippen molar-refractivity contribution in [2.75, 3.05) is 0 Å². The van der Waals surface area contributed by atoms with E-state index in [1.165, 1.54) is 10.6 Å². The summed E-state index contributed by atoms with van der Waals surface area (Å²) in [6, 6.07) is 3.96. The van der Waals surface area contributed by atoms with Gasteiger partial charge in [0, 0.05) is 10.9 Å². The molecule has 1 aromatic heterocycles. The molecule has 1 N–H and O–H groups in total. The van der Waals surface area contributed by atoms with Crippen LogP contribution in [0.2, 0.25) is 0 Å². The second-order valence-corrected chi connectivity index (χ2v) is 5.04. The van der Waals surface area contributed by atoms with E-state index in [1.807, 2.05) is 6.92 Å². The van der Waals surface area contributed by atoms with Gasteiger partial charge in [-0.3, -0.25) is 9.67 Å². The summed E-state index contributed by atoms with van der Waals surface area (Å²) in [5, 5.41) is 6.56. The Balaban J connectivity index is 2.65. The van der Waals surface area contributed by atoms with Gasteiger partial charge in [0.15, 0.2) is 4.77 Å². The summed E-state index contributed by atoms with van der Waals surface area (Å²) in [5.74, 6) is 0.584. The van der Waals surface area contributed by atoms with Crippen molar-refractivity contribution in [3.63, 3.8) is 0 Å². The Bertz CT molecular complexity index is 660. The third kappa shape index (κ3) is 2.74. The monoisotopic (exact) mass is 351 g/mol. The molecule has 2 rings (SSSR count). The van der Waals surface area contributed by atoms with E-state index in [0.717, 1.165) is 6.07 Å². The van der Waals surface area contributed by atoms with Crippen LogP contribution in [0.3, 0.4) is 0 Å². The lowest BCUT2D eigenvalue weighted by Crippen LogP contribution is -2.08. The van der Waals surface area contributed by atoms with Gasteiger partial charge in [0.05, 0.1) is 11.3 Å². The van der Waals surface area contributed by atoms with Crippen LogP contribution in [0.15, 0.2) is 22.7 Å². The molecule has 0 aliphatic rings. The number of rotatable bonds is 2. The van der Waals surface area contributed by atoms with Gasteiger partial charge in [-0.05, 0) is 30.4 Å². The molecule has 8 heteroatoms. The zero-order chi connectivity index (χ0) is 14.2. The Morgan fingerprint density at radius 1 is 1.42 bits per heavy atom. The summed E-state index contributed by atoms with van der Waals surface area (Å²) in [5.41, 5.74) is -0.402. The minimum atomic E-state index is -4.42. The molecule has 1 aromatic carbocycles. The number of aryl methyl sites for hydroxylation is 1. The first-order valence-electron chi connectivity index (χ1n) is 5.38. The number of alkyl halides is 3. The molecule has 0 atom stereocenters. The Kier molecular flexibility index (Phi) is 3.82. The molecular formula is C11H9BrF3N3S. The number of hydrogen-bond acceptors (Lipinski definition) is 2. The van der Waals surface area contributed by atoms with Crippen molar-refractivity contribution in [3.8, 4) is 5.69 Å². The molecule has 0 unspecified atom stereocenters. The Labute approximate surface area is 120 Å². The fourth-order valence-electron chi connectivity index (χ4n) is 1.70. The Hall–Kier alpha value is -1.15. The van der Waals surface area contributed by atoms with Crippen LogP contribution >= 0.6 is 28.1 Å². The fraction of sp³-hybridized carbons (Fsp3) is 0.273. The van der Waals surface area contributed by atoms with Gasteiger partial charge in [0.2, 0.25) is 0 Å². The van der Waals surface area contributed by atoms with Crippen molar-refractivity contribution >= 4 is 28.1 Å². The van der Waals surface area contributed by atoms with Gasteiger partial charge in [0.25, 0.3) is 0 Å². The molecular weight excluding hydrogens is 343 g/mol. The lowest BCUT2D eigenvalue weighted by Gasteiger charge is -2.12. The molecule has 2 aromatic rings. The quantitative estimate of drug-likeness (QED) is 0.819. The summed E-state index contributed by atoms with van der Waals surface area (Å²) in [6.07, 6.45) is -3.86. The van der Waals surface area contributed by atoms with E-state index in [0.29, 0.717) is 17.9 Å². The smallest absolute Gasteiger partial charge is 0.272 e. The predicted octanol–water partition coefficient (Wildman–Crippen LogP) is 4.27. The highest BCUT2D eigenvalue weighted by Gasteiger charge is 2.33. The van der Waals surface area contributed by atoms with E-state index < -0.39 is 11.7 Å². The minimum Gasteiger partial charge on any atom is -0.272 e. The normalized spacial score (nSPS) is 11.8. The Morgan fingerprint density at radius 2 is 2.11 bits per heavy atom. The maximum atomic E-state index is 12.9. The number of aromatic amines is 1. The molecule has 19 heavy (non-hydrogen) atoms. The maximum absolute atomic E-state index is 12.9. The van der Waals surface area contributed by atoms with E-state index in [2.05, 4.69) is 26.1 Å². The summed E-state index contributed by atoms with van der Waals surface area (Å²) in [6.45, 7) is 1.85. The highest BCUT2D eigenvalue weighted by Crippen LogP contribution is 2.36. The Morgan fingerprint density at radius 3 is 2.68 bits per heavy atom. The molecule has 0 aliphatic carbocycles. The molecule has 0 aliphatic heterocycles. The van der Waals surface area contributed by atoms with E-state index >= 15 is 0 Å². The van der Waals surface area contributed by atoms with E-state index in [4.69, 9.17) is 12.2 Å². The summed E-state index contributed by atoms with van der Waals surface area (Å²) in [4.78, 5) is 0. The minimum absolute atomic E-state index is 0.00295. The first kappa shape index (κ1) is 14.3. The molecule has 3 nitrogen and oxygen atoms in total. The van der Waals surface area contributed by atoms with Crippen LogP contribution < -0.4 is 0 Å². The van der Waals surface area contributed by atoms with E-state index in [1.54, 1.807) is 6.07 Å². The summed E-state index contributed by atoms with van der Waals surface area (Å²) >= 11 is 7.95. The highest BCUT2D eigenvalue weighted by atomic mass is 79.9. The van der Waals surface area contributed by atoms with Crippen LogP contribution in [0, 0.1) is 4.77 Å². The van der Waals surface area contributed by atoms with Gasteiger partial charge in [-0.1, -0.05) is 22.9 Å². The number of benzene rings is 1. The fourth-order valence-corrected chi connectivity index (χ4v) is 2.43. The van der Waals surface area contributed by atoms with E-state index in [9.17, 15) is 13.2 Å². The molecule has 0 amide bonds. The number of aromatic nitrogens is 3. The second-order valence-electron chi connectivity index (χ2n) is 3.80. The number of H-pyrrole nitrogens is 1. The lowest BCUT2D eigenvalue weighted by atomic mass is 10.2. The maximum Gasteiger partial charge on any atom is 0.417 e. The molecule has 0 bridgehead atoms. The first-order chi connectivity index (χ1) is 8.84. The van der Waals surface area contributed by atoms with Crippen molar-refractivity contribution in [2.45, 2.75) is 19.5 Å². The molecule has 0 saturated carbocycles. The number of nitrogens with zero attached hydrogens (tertiary/aromatic N) is 2. The van der Waals surface area contributed by atoms with Crippen LogP contribution in [0.25, 0.3) is 5.69 Å². The van der Waals surface area contributed by atoms with Gasteiger partial charge in [0.1, 0.15) is 5.82 Å². The average molecular weight is 352 g/mol. The van der Waals surface area contributed by atoms with Crippen molar-refractivity contribution in [1.82, 2.24) is 14.8 Å². The number of nitrogens with one attached hydrogen (secondary N) is 1. The standard InChI is InChI=1S/C11H9BrF3N3S/c1-2-9-16-17-10(19)18(9)6-3-4-8(12)7(5-6)11(13,14)15/h3-5H,2H2,1H3,(H,17,19). The number of halogens is 4. The SMILES string of the molecule is CCc1n[nH]c(=S)n1-c1ccc(Br)c(C(F)(F)F)c1. The van der Waals surface area contributed by atoms with Crippen molar-refractivity contribution < 1.29 is 13.2 Å². The summed E-state index contributed by atoms with van der Waals surface area (Å²) < 4.78 is 40.4. The zero-order valence-corrected chi connectivity index (χ0v) is 12.2. The van der Waals surface area contributed by atoms with Crippen LogP contribution in [0.5, 0.6) is 0 Å². The molecule has 0 spiro atoms. The molecule has 1 heterocycles. The largest absolute Gasteiger partial charge is 0.417 e. The van der Waals surface area contributed by atoms with Gasteiger partial charge >= 0.3 is 6.18 Å². The topological polar surface area (TPSA) is 33.6 Å². The van der Waals surface area contributed by atoms with Crippen molar-refractivity contribution in [3.05, 3.63) is 38.8 Å². The van der Waals surface area contributed by atoms with Crippen LogP contribution in [-0.2, 0) is 12.6 Å².